The van der Waals surface area contributed by atoms with Gasteiger partial charge in [0.25, 0.3) is 5.13 Å². The molecule has 0 amide bonds. The van der Waals surface area contributed by atoms with Crippen LogP contribution >= 0.6 is 11.3 Å². The predicted octanol–water partition coefficient (Wildman–Crippen LogP) is -1.05. The molecule has 0 unspecified atom stereocenters. The number of nitrogens with two attached hydrogens (primary N) is 1. The zero-order chi connectivity index (χ0) is 6.69. The molecule has 1 aromatic rings. The molecule has 0 bridgehead atoms. The van der Waals surface area contributed by atoms with Crippen molar-refractivity contribution in [1.29, 1.82) is 0 Å². The smallest absolute Gasteiger partial charge is 0.254 e. The summed E-state index contributed by atoms with van der Waals surface area (Å²) in [7, 11) is 1.63. The largest absolute Gasteiger partial charge is 0.609 e. The first-order valence-electron chi connectivity index (χ1n) is 2.29. The Morgan fingerprint density at radius 3 is 3.11 bits per heavy atom. The van der Waals surface area contributed by atoms with Crippen LogP contribution in [0.15, 0.2) is 5.51 Å². The van der Waals surface area contributed by atoms with E-state index in [1.165, 1.54) is 16.3 Å². The minimum absolute atomic E-state index is 0.616. The van der Waals surface area contributed by atoms with Crippen LogP contribution in [0, 0.1) is 5.21 Å². The molecule has 1 aromatic heterocycles. The lowest BCUT2D eigenvalue weighted by Gasteiger charge is -2.12. The van der Waals surface area contributed by atoms with Crippen LogP contribution in [0.4, 0.5) is 5.13 Å². The van der Waals surface area contributed by atoms with E-state index in [0.717, 1.165) is 0 Å². The maximum absolute atomic E-state index is 10.1. The van der Waals surface area contributed by atoms with Gasteiger partial charge in [-0.3, -0.25) is 5.59 Å². The van der Waals surface area contributed by atoms with Gasteiger partial charge in [0.1, 0.15) is 5.51 Å². The average Bonchev–Trinajstić information content (AvgIpc) is 2.37. The molecule has 50 valence electrons. The van der Waals surface area contributed by atoms with E-state index in [1.54, 1.807) is 12.6 Å². The van der Waals surface area contributed by atoms with Crippen LogP contribution in [0.25, 0.3) is 0 Å². The van der Waals surface area contributed by atoms with Crippen LogP contribution in [0.3, 0.4) is 0 Å². The number of hydrogen-bond donors (Lipinski definition) is 1. The Morgan fingerprint density at radius 2 is 2.67 bits per heavy atom. The lowest BCUT2D eigenvalue weighted by molar-refractivity contribution is -0.598. The Labute approximate surface area is 55.9 Å². The van der Waals surface area contributed by atoms with Crippen molar-refractivity contribution in [2.24, 2.45) is 0 Å². The first-order chi connectivity index (χ1) is 4.34. The number of rotatable bonds is 2. The number of quaternary nitrogens is 1. The molecule has 6 heteroatoms. The quantitative estimate of drug-likeness (QED) is 0.427. The van der Waals surface area contributed by atoms with Gasteiger partial charge in [-0.05, 0) is 0 Å². The first-order valence-corrected chi connectivity index (χ1v) is 3.17. The molecule has 0 aliphatic carbocycles. The van der Waals surface area contributed by atoms with Crippen molar-refractivity contribution in [2.45, 2.75) is 0 Å². The lowest BCUT2D eigenvalue weighted by Crippen LogP contribution is -2.88. The second-order valence-corrected chi connectivity index (χ2v) is 2.25. The van der Waals surface area contributed by atoms with Gasteiger partial charge in [-0.15, -0.1) is 10.2 Å². The highest BCUT2D eigenvalue weighted by Crippen LogP contribution is 2.08. The molecule has 2 N–H and O–H groups in total. The van der Waals surface area contributed by atoms with Gasteiger partial charge in [0, 0.05) is 0 Å². The average molecular weight is 146 g/mol. The summed E-state index contributed by atoms with van der Waals surface area (Å²) in [6.45, 7) is 0. The van der Waals surface area contributed by atoms with E-state index in [0.29, 0.717) is 10.7 Å². The highest BCUT2D eigenvalue weighted by Gasteiger charge is 2.00. The van der Waals surface area contributed by atoms with Crippen LogP contribution in [0.1, 0.15) is 0 Å². The van der Waals surface area contributed by atoms with E-state index in [9.17, 15) is 5.21 Å². The summed E-state index contributed by atoms with van der Waals surface area (Å²) in [5.74, 6) is 0. The highest BCUT2D eigenvalue weighted by molar-refractivity contribution is 7.13. The number of hydrogen-bond acceptors (Lipinski definition) is 5. The predicted molar refractivity (Wildman–Crippen MR) is 33.6 cm³/mol. The van der Waals surface area contributed by atoms with Gasteiger partial charge in [0.2, 0.25) is 0 Å². The minimum Gasteiger partial charge on any atom is -0.609 e. The summed E-state index contributed by atoms with van der Waals surface area (Å²) in [6.07, 6.45) is 0. The zero-order valence-electron chi connectivity index (χ0n) is 4.81. The van der Waals surface area contributed by atoms with E-state index in [-0.39, 0.29) is 0 Å². The normalized spacial score (nSPS) is 9.56. The van der Waals surface area contributed by atoms with Gasteiger partial charge in [-0.2, -0.15) is 0 Å². The van der Waals surface area contributed by atoms with Crippen LogP contribution in [0.2, 0.25) is 0 Å². The molecule has 1 heterocycles. The molecule has 1 rings (SSSR count). The van der Waals surface area contributed by atoms with Gasteiger partial charge in [-0.1, -0.05) is 11.3 Å². The van der Waals surface area contributed by atoms with E-state index in [2.05, 4.69) is 10.2 Å². The van der Waals surface area contributed by atoms with Crippen molar-refractivity contribution in [3.63, 3.8) is 0 Å². The Hall–Kier alpha value is -0.720. The highest BCUT2D eigenvalue weighted by atomic mass is 32.1. The molecule has 9 heavy (non-hydrogen) atoms. The topological polar surface area (TPSA) is 68.7 Å². The maximum Gasteiger partial charge on any atom is 0.254 e. The monoisotopic (exact) mass is 146 g/mol. The number of aromatic nitrogens is 2. The number of nitrogens with zero attached hydrogens (tertiary/aromatic N) is 3. The van der Waals surface area contributed by atoms with Crippen LogP contribution in [0.5, 0.6) is 0 Å². The summed E-state index contributed by atoms with van der Waals surface area (Å²) >= 11 is 1.33. The lowest BCUT2D eigenvalue weighted by atomic mass is 11.1. The molecule has 0 saturated carbocycles. The fraction of sp³-hybridized carbons (Fsp3) is 0.333. The standard InChI is InChI=1S/C3H6N4OS/c1-7(6-8)3-5-4-2-9-3/h2H,6H2,1H3. The number of anilines is 1. The van der Waals surface area contributed by atoms with E-state index >= 15 is 0 Å². The second-order valence-electron chi connectivity index (χ2n) is 1.44. The van der Waals surface area contributed by atoms with Gasteiger partial charge in [0.05, 0.1) is 7.05 Å². The third-order valence-corrected chi connectivity index (χ3v) is 1.59. The Morgan fingerprint density at radius 1 is 1.89 bits per heavy atom. The van der Waals surface area contributed by atoms with Crippen LogP contribution in [-0.2, 0) is 0 Å². The summed E-state index contributed by atoms with van der Waals surface area (Å²) in [5, 5.41) is 19.3. The fourth-order valence-corrected chi connectivity index (χ4v) is 0.858. The molecular formula is C3H6N4OS. The third-order valence-electron chi connectivity index (χ3n) is 0.808. The van der Waals surface area contributed by atoms with E-state index in [4.69, 9.17) is 0 Å². The summed E-state index contributed by atoms with van der Waals surface area (Å²) in [6, 6.07) is 0. The molecule has 0 saturated heterocycles. The van der Waals surface area contributed by atoms with Gasteiger partial charge < -0.3 is 5.21 Å². The maximum atomic E-state index is 10.1. The first kappa shape index (κ1) is 6.40. The van der Waals surface area contributed by atoms with Crippen LogP contribution in [-0.4, -0.2) is 17.2 Å². The molecule has 0 aliphatic rings. The summed E-state index contributed by atoms with van der Waals surface area (Å²) in [5.41, 5.74) is 2.27. The van der Waals surface area contributed by atoms with Crippen molar-refractivity contribution in [1.82, 2.24) is 10.2 Å². The molecule has 0 fully saturated rings. The second kappa shape index (κ2) is 2.72. The van der Waals surface area contributed by atoms with E-state index < -0.39 is 0 Å². The van der Waals surface area contributed by atoms with Crippen molar-refractivity contribution < 1.29 is 5.59 Å². The SMILES string of the molecule is CN([NH2+][O-])c1nncs1. The Kier molecular flexibility index (Phi) is 1.93. The van der Waals surface area contributed by atoms with Crippen LogP contribution < -0.4 is 10.6 Å². The van der Waals surface area contributed by atoms with E-state index in [1.807, 2.05) is 0 Å². The molecule has 0 aromatic carbocycles. The van der Waals surface area contributed by atoms with Gasteiger partial charge in [0.15, 0.2) is 0 Å². The molecule has 0 aliphatic heterocycles. The minimum atomic E-state index is 0.616. The Bertz CT molecular complexity index is 164. The molecule has 5 nitrogen and oxygen atoms in total. The van der Waals surface area contributed by atoms with Crippen molar-refractivity contribution in [2.75, 3.05) is 12.1 Å². The summed E-state index contributed by atoms with van der Waals surface area (Å²) < 4.78 is 0. The molecular weight excluding hydrogens is 140 g/mol. The van der Waals surface area contributed by atoms with Gasteiger partial charge >= 0.3 is 0 Å². The van der Waals surface area contributed by atoms with Crippen molar-refractivity contribution >= 4 is 16.5 Å². The molecule has 0 spiro atoms. The van der Waals surface area contributed by atoms with Gasteiger partial charge in [-0.25, -0.2) is 5.01 Å². The fourth-order valence-electron chi connectivity index (χ4n) is 0.366. The van der Waals surface area contributed by atoms with Crippen molar-refractivity contribution in [3.05, 3.63) is 10.7 Å². The Balaban J connectivity index is 2.65. The summed E-state index contributed by atoms with van der Waals surface area (Å²) in [4.78, 5) is 0. The molecule has 0 atom stereocenters. The molecule has 0 radical (unpaired) electrons. The zero-order valence-corrected chi connectivity index (χ0v) is 5.63. The third kappa shape index (κ3) is 1.35. The van der Waals surface area contributed by atoms with Crippen molar-refractivity contribution in [3.8, 4) is 0 Å².